The van der Waals surface area contributed by atoms with Crippen LogP contribution in [0.25, 0.3) is 0 Å². The van der Waals surface area contributed by atoms with Gasteiger partial charge in [-0.3, -0.25) is 4.79 Å². The molecule has 0 aliphatic heterocycles. The van der Waals surface area contributed by atoms with Crippen molar-refractivity contribution in [1.29, 1.82) is 0 Å². The molecular weight excluding hydrogens is 370 g/mol. The van der Waals surface area contributed by atoms with Crippen LogP contribution in [0.2, 0.25) is 0 Å². The van der Waals surface area contributed by atoms with Crippen molar-refractivity contribution in [2.45, 2.75) is 6.54 Å². The first-order valence-corrected chi connectivity index (χ1v) is 8.99. The second-order valence-electron chi connectivity index (χ2n) is 6.12. The molecule has 7 heteroatoms. The average molecular weight is 393 g/mol. The van der Waals surface area contributed by atoms with Crippen LogP contribution in [0.3, 0.4) is 0 Å². The molecule has 0 atom stereocenters. The fraction of sp³-hybridized carbons (Fsp3) is 0.182. The summed E-state index contributed by atoms with van der Waals surface area (Å²) in [6.45, 7) is 0.520. The van der Waals surface area contributed by atoms with Gasteiger partial charge in [-0.1, -0.05) is 18.2 Å². The van der Waals surface area contributed by atoms with Crippen molar-refractivity contribution in [1.82, 2.24) is 4.98 Å². The molecule has 150 valence electrons. The highest BCUT2D eigenvalue weighted by atomic mass is 16.5. The normalized spacial score (nSPS) is 10.2. The van der Waals surface area contributed by atoms with Crippen molar-refractivity contribution in [3.63, 3.8) is 0 Å². The number of pyridine rings is 1. The van der Waals surface area contributed by atoms with Gasteiger partial charge in [0.1, 0.15) is 23.1 Å². The number of carbonyl (C=O) groups excluding carboxylic acids is 1. The first kappa shape index (κ1) is 20.0. The SMILES string of the molecule is COc1ccc(OC)c(NC(=O)c2ccnc(NCc3ccccc3OC)c2)c1. The topological polar surface area (TPSA) is 81.7 Å². The maximum Gasteiger partial charge on any atom is 0.255 e. The van der Waals surface area contributed by atoms with Crippen molar-refractivity contribution in [2.75, 3.05) is 32.0 Å². The molecule has 0 unspecified atom stereocenters. The van der Waals surface area contributed by atoms with Crippen molar-refractivity contribution in [3.05, 3.63) is 71.9 Å². The Hall–Kier alpha value is -3.74. The highest BCUT2D eigenvalue weighted by molar-refractivity contribution is 6.05. The molecule has 3 rings (SSSR count). The second-order valence-corrected chi connectivity index (χ2v) is 6.12. The van der Waals surface area contributed by atoms with E-state index in [-0.39, 0.29) is 5.91 Å². The van der Waals surface area contributed by atoms with E-state index in [2.05, 4.69) is 15.6 Å². The summed E-state index contributed by atoms with van der Waals surface area (Å²) in [7, 11) is 4.74. The highest BCUT2D eigenvalue weighted by Crippen LogP contribution is 2.29. The summed E-state index contributed by atoms with van der Waals surface area (Å²) in [4.78, 5) is 17.0. The lowest BCUT2D eigenvalue weighted by Crippen LogP contribution is -2.13. The summed E-state index contributed by atoms with van der Waals surface area (Å²) in [5.74, 6) is 2.26. The fourth-order valence-electron chi connectivity index (χ4n) is 2.81. The molecule has 0 saturated carbocycles. The van der Waals surface area contributed by atoms with Gasteiger partial charge in [-0.25, -0.2) is 4.98 Å². The van der Waals surface area contributed by atoms with Crippen LogP contribution < -0.4 is 24.8 Å². The van der Waals surface area contributed by atoms with E-state index in [1.807, 2.05) is 24.3 Å². The van der Waals surface area contributed by atoms with Gasteiger partial charge in [0, 0.05) is 29.9 Å². The number of hydrogen-bond donors (Lipinski definition) is 2. The number of para-hydroxylation sites is 1. The van der Waals surface area contributed by atoms with E-state index in [1.165, 1.54) is 0 Å². The Morgan fingerprint density at radius 2 is 1.72 bits per heavy atom. The summed E-state index contributed by atoms with van der Waals surface area (Å²) in [5, 5.41) is 6.07. The molecule has 7 nitrogen and oxygen atoms in total. The number of ether oxygens (including phenoxy) is 3. The summed E-state index contributed by atoms with van der Waals surface area (Å²) < 4.78 is 15.9. The van der Waals surface area contributed by atoms with Crippen LogP contribution in [-0.4, -0.2) is 32.2 Å². The number of benzene rings is 2. The molecule has 2 aromatic carbocycles. The number of anilines is 2. The summed E-state index contributed by atoms with van der Waals surface area (Å²) >= 11 is 0. The van der Waals surface area contributed by atoms with Crippen LogP contribution >= 0.6 is 0 Å². The predicted molar refractivity (Wildman–Crippen MR) is 112 cm³/mol. The third kappa shape index (κ3) is 4.95. The van der Waals surface area contributed by atoms with Gasteiger partial charge in [-0.05, 0) is 30.3 Å². The van der Waals surface area contributed by atoms with Gasteiger partial charge < -0.3 is 24.8 Å². The monoisotopic (exact) mass is 393 g/mol. The molecule has 1 aromatic heterocycles. The van der Waals surface area contributed by atoms with E-state index in [9.17, 15) is 4.79 Å². The molecule has 1 amide bonds. The molecule has 29 heavy (non-hydrogen) atoms. The first-order valence-electron chi connectivity index (χ1n) is 8.99. The minimum absolute atomic E-state index is 0.278. The van der Waals surface area contributed by atoms with E-state index in [4.69, 9.17) is 14.2 Å². The number of amides is 1. The van der Waals surface area contributed by atoms with Gasteiger partial charge in [0.2, 0.25) is 0 Å². The molecule has 3 aromatic rings. The van der Waals surface area contributed by atoms with Crippen molar-refractivity contribution >= 4 is 17.4 Å². The third-order valence-electron chi connectivity index (χ3n) is 4.33. The summed E-state index contributed by atoms with van der Waals surface area (Å²) in [5.41, 5.74) is 1.98. The molecule has 0 fully saturated rings. The largest absolute Gasteiger partial charge is 0.497 e. The smallest absolute Gasteiger partial charge is 0.255 e. The van der Waals surface area contributed by atoms with Gasteiger partial charge in [0.05, 0.1) is 27.0 Å². The Bertz CT molecular complexity index is 991. The number of aromatic nitrogens is 1. The standard InChI is InChI=1S/C22H23N3O4/c1-27-17-8-9-20(29-3)18(13-17)25-22(26)15-10-11-23-21(12-15)24-14-16-6-4-5-7-19(16)28-2/h4-13H,14H2,1-3H3,(H,23,24)(H,25,26). The van der Waals surface area contributed by atoms with E-state index in [0.717, 1.165) is 11.3 Å². The fourth-order valence-corrected chi connectivity index (χ4v) is 2.81. The number of nitrogens with zero attached hydrogens (tertiary/aromatic N) is 1. The number of carbonyl (C=O) groups is 1. The van der Waals surface area contributed by atoms with Crippen molar-refractivity contribution < 1.29 is 19.0 Å². The average Bonchev–Trinajstić information content (AvgIpc) is 2.77. The van der Waals surface area contributed by atoms with Crippen molar-refractivity contribution in [3.8, 4) is 17.2 Å². The van der Waals surface area contributed by atoms with Gasteiger partial charge >= 0.3 is 0 Å². The highest BCUT2D eigenvalue weighted by Gasteiger charge is 2.12. The Labute approximate surface area is 169 Å². The summed E-state index contributed by atoms with van der Waals surface area (Å²) in [6.07, 6.45) is 1.59. The van der Waals surface area contributed by atoms with Gasteiger partial charge in [-0.2, -0.15) is 0 Å². The molecule has 0 spiro atoms. The number of rotatable bonds is 8. The van der Waals surface area contributed by atoms with E-state index < -0.39 is 0 Å². The van der Waals surface area contributed by atoms with Crippen LogP contribution in [0.1, 0.15) is 15.9 Å². The summed E-state index contributed by atoms with van der Waals surface area (Å²) in [6, 6.07) is 16.3. The molecule has 0 aliphatic carbocycles. The van der Waals surface area contributed by atoms with Crippen LogP contribution in [0.4, 0.5) is 11.5 Å². The third-order valence-corrected chi connectivity index (χ3v) is 4.33. The molecule has 0 saturated heterocycles. The molecule has 0 aliphatic rings. The van der Waals surface area contributed by atoms with E-state index in [1.54, 1.807) is 57.9 Å². The molecular formula is C22H23N3O4. The second kappa shape index (κ2) is 9.45. The van der Waals surface area contributed by atoms with E-state index in [0.29, 0.717) is 35.1 Å². The number of nitrogens with one attached hydrogen (secondary N) is 2. The first-order chi connectivity index (χ1) is 14.1. The van der Waals surface area contributed by atoms with Crippen LogP contribution in [0, 0.1) is 0 Å². The Balaban J connectivity index is 1.73. The number of methoxy groups -OCH3 is 3. The van der Waals surface area contributed by atoms with Crippen LogP contribution in [-0.2, 0) is 6.54 Å². The zero-order chi connectivity index (χ0) is 20.6. The maximum atomic E-state index is 12.7. The maximum absolute atomic E-state index is 12.7. The number of hydrogen-bond acceptors (Lipinski definition) is 6. The van der Waals surface area contributed by atoms with E-state index >= 15 is 0 Å². The van der Waals surface area contributed by atoms with Crippen LogP contribution in [0.15, 0.2) is 60.8 Å². The predicted octanol–water partition coefficient (Wildman–Crippen LogP) is 3.97. The molecule has 2 N–H and O–H groups in total. The van der Waals surface area contributed by atoms with Gasteiger partial charge in [-0.15, -0.1) is 0 Å². The minimum Gasteiger partial charge on any atom is -0.497 e. The Kier molecular flexibility index (Phi) is 6.52. The van der Waals surface area contributed by atoms with Crippen molar-refractivity contribution in [2.24, 2.45) is 0 Å². The molecule has 0 bridgehead atoms. The Morgan fingerprint density at radius 1 is 0.931 bits per heavy atom. The molecule has 1 heterocycles. The van der Waals surface area contributed by atoms with Gasteiger partial charge in [0.15, 0.2) is 0 Å². The van der Waals surface area contributed by atoms with Gasteiger partial charge in [0.25, 0.3) is 5.91 Å². The van der Waals surface area contributed by atoms with Crippen LogP contribution in [0.5, 0.6) is 17.2 Å². The quantitative estimate of drug-likeness (QED) is 0.603. The Morgan fingerprint density at radius 3 is 2.48 bits per heavy atom. The lowest BCUT2D eigenvalue weighted by Gasteiger charge is -2.13. The lowest BCUT2D eigenvalue weighted by atomic mass is 10.2. The minimum atomic E-state index is -0.278. The zero-order valence-corrected chi connectivity index (χ0v) is 16.6. The molecule has 0 radical (unpaired) electrons. The lowest BCUT2D eigenvalue weighted by molar-refractivity contribution is 0.102. The zero-order valence-electron chi connectivity index (χ0n) is 16.6.